The highest BCUT2D eigenvalue weighted by molar-refractivity contribution is 5.85. The minimum atomic E-state index is -1.00. The molecule has 2 N–H and O–H groups in total. The van der Waals surface area contributed by atoms with Gasteiger partial charge in [-0.3, -0.25) is 4.98 Å². The number of hydrogen-bond donors (Lipinski definition) is 1. The Hall–Kier alpha value is -2.76. The lowest BCUT2D eigenvalue weighted by molar-refractivity contribution is 0.438. The van der Waals surface area contributed by atoms with Crippen LogP contribution in [0.25, 0.3) is 22.5 Å². The largest absolute Gasteiger partial charge is 0.367 e. The van der Waals surface area contributed by atoms with E-state index in [9.17, 15) is 8.78 Å². The number of halogens is 2. The minimum Gasteiger partial charge on any atom is -0.367 e. The first-order chi connectivity index (χ1) is 9.68. The van der Waals surface area contributed by atoms with Gasteiger partial charge in [0.15, 0.2) is 11.6 Å². The van der Waals surface area contributed by atoms with E-state index in [4.69, 9.17) is 10.3 Å². The molecule has 0 saturated carbocycles. The Kier molecular flexibility index (Phi) is 2.90. The van der Waals surface area contributed by atoms with E-state index < -0.39 is 11.6 Å². The molecular formula is C14H9F2N3O. The molecule has 0 spiro atoms. The second-order valence-electron chi connectivity index (χ2n) is 4.09. The standard InChI is InChI=1S/C14H9F2N3O/c15-9-5-3-4-8(12(9)16)13-11(14(17)20-19-13)10-6-1-2-7-18-10/h1-7H,17H2. The van der Waals surface area contributed by atoms with Crippen molar-refractivity contribution < 1.29 is 13.3 Å². The molecule has 0 amide bonds. The summed E-state index contributed by atoms with van der Waals surface area (Å²) < 4.78 is 32.1. The number of benzene rings is 1. The van der Waals surface area contributed by atoms with Crippen LogP contribution in [-0.2, 0) is 0 Å². The smallest absolute Gasteiger partial charge is 0.232 e. The summed E-state index contributed by atoms with van der Waals surface area (Å²) >= 11 is 0. The molecule has 2 aromatic heterocycles. The number of nitrogens with two attached hydrogens (primary N) is 1. The van der Waals surface area contributed by atoms with Crippen LogP contribution in [-0.4, -0.2) is 10.1 Å². The zero-order valence-corrected chi connectivity index (χ0v) is 10.2. The van der Waals surface area contributed by atoms with Crippen LogP contribution in [0.2, 0.25) is 0 Å². The highest BCUT2D eigenvalue weighted by Gasteiger charge is 2.22. The van der Waals surface area contributed by atoms with Gasteiger partial charge in [-0.1, -0.05) is 17.3 Å². The Morgan fingerprint density at radius 1 is 1.05 bits per heavy atom. The van der Waals surface area contributed by atoms with Crippen molar-refractivity contribution in [3.8, 4) is 22.5 Å². The van der Waals surface area contributed by atoms with Crippen LogP contribution in [0.1, 0.15) is 0 Å². The van der Waals surface area contributed by atoms with Gasteiger partial charge in [0.2, 0.25) is 5.88 Å². The van der Waals surface area contributed by atoms with Gasteiger partial charge in [-0.05, 0) is 24.3 Å². The fraction of sp³-hybridized carbons (Fsp3) is 0. The summed E-state index contributed by atoms with van der Waals surface area (Å²) in [6.07, 6.45) is 1.56. The molecule has 4 nitrogen and oxygen atoms in total. The van der Waals surface area contributed by atoms with Gasteiger partial charge in [0.25, 0.3) is 0 Å². The molecule has 0 radical (unpaired) electrons. The number of nitrogens with zero attached hydrogens (tertiary/aromatic N) is 2. The van der Waals surface area contributed by atoms with Gasteiger partial charge in [0.05, 0.1) is 11.3 Å². The summed E-state index contributed by atoms with van der Waals surface area (Å²) in [6, 6.07) is 8.99. The molecule has 20 heavy (non-hydrogen) atoms. The topological polar surface area (TPSA) is 64.9 Å². The summed E-state index contributed by atoms with van der Waals surface area (Å²) in [5.74, 6) is -1.96. The summed E-state index contributed by atoms with van der Waals surface area (Å²) in [6.45, 7) is 0. The van der Waals surface area contributed by atoms with Crippen LogP contribution in [0.3, 0.4) is 0 Å². The zero-order valence-electron chi connectivity index (χ0n) is 10.2. The number of nitrogen functional groups attached to an aromatic ring is 1. The Morgan fingerprint density at radius 3 is 2.65 bits per heavy atom. The van der Waals surface area contributed by atoms with Crippen molar-refractivity contribution in [2.24, 2.45) is 0 Å². The maximum Gasteiger partial charge on any atom is 0.232 e. The van der Waals surface area contributed by atoms with Crippen LogP contribution >= 0.6 is 0 Å². The molecule has 0 bridgehead atoms. The van der Waals surface area contributed by atoms with Crippen LogP contribution in [0.4, 0.5) is 14.7 Å². The van der Waals surface area contributed by atoms with Crippen LogP contribution < -0.4 is 5.73 Å². The molecule has 0 unspecified atom stereocenters. The van der Waals surface area contributed by atoms with Crippen molar-refractivity contribution in [3.63, 3.8) is 0 Å². The molecule has 0 fully saturated rings. The van der Waals surface area contributed by atoms with Gasteiger partial charge >= 0.3 is 0 Å². The minimum absolute atomic E-state index is 0.00219. The van der Waals surface area contributed by atoms with Gasteiger partial charge < -0.3 is 10.3 Å². The van der Waals surface area contributed by atoms with Crippen molar-refractivity contribution >= 4 is 5.88 Å². The Morgan fingerprint density at radius 2 is 1.90 bits per heavy atom. The lowest BCUT2D eigenvalue weighted by Crippen LogP contribution is -1.93. The molecule has 0 aliphatic carbocycles. The molecule has 0 aliphatic rings. The maximum absolute atomic E-state index is 13.9. The average Bonchev–Trinajstić information content (AvgIpc) is 2.84. The number of anilines is 1. The van der Waals surface area contributed by atoms with E-state index in [0.717, 1.165) is 6.07 Å². The van der Waals surface area contributed by atoms with Crippen molar-refractivity contribution in [2.75, 3.05) is 5.73 Å². The molecule has 3 rings (SSSR count). The third kappa shape index (κ3) is 1.91. The van der Waals surface area contributed by atoms with E-state index in [1.807, 2.05) is 0 Å². The molecule has 6 heteroatoms. The van der Waals surface area contributed by atoms with E-state index in [-0.39, 0.29) is 17.1 Å². The quantitative estimate of drug-likeness (QED) is 0.778. The van der Waals surface area contributed by atoms with Crippen LogP contribution in [0.5, 0.6) is 0 Å². The molecule has 0 saturated heterocycles. The Labute approximate surface area is 112 Å². The molecule has 0 aliphatic heterocycles. The van der Waals surface area contributed by atoms with E-state index in [0.29, 0.717) is 11.3 Å². The summed E-state index contributed by atoms with van der Waals surface area (Å²) in [4.78, 5) is 4.12. The monoisotopic (exact) mass is 273 g/mol. The van der Waals surface area contributed by atoms with Crippen molar-refractivity contribution in [3.05, 3.63) is 54.2 Å². The molecule has 1 aromatic carbocycles. The predicted octanol–water partition coefficient (Wildman–Crippen LogP) is 3.26. The maximum atomic E-state index is 13.9. The first kappa shape index (κ1) is 12.3. The SMILES string of the molecule is Nc1onc(-c2cccc(F)c2F)c1-c1ccccn1. The summed E-state index contributed by atoms with van der Waals surface area (Å²) in [5, 5.41) is 3.72. The molecule has 3 aromatic rings. The van der Waals surface area contributed by atoms with Gasteiger partial charge in [0.1, 0.15) is 5.69 Å². The van der Waals surface area contributed by atoms with Gasteiger partial charge in [-0.15, -0.1) is 0 Å². The summed E-state index contributed by atoms with van der Waals surface area (Å²) in [5.41, 5.74) is 6.63. The number of aromatic nitrogens is 2. The third-order valence-corrected chi connectivity index (χ3v) is 2.85. The number of hydrogen-bond acceptors (Lipinski definition) is 4. The van der Waals surface area contributed by atoms with Gasteiger partial charge in [-0.25, -0.2) is 8.78 Å². The van der Waals surface area contributed by atoms with E-state index in [1.54, 1.807) is 24.4 Å². The molecule has 0 atom stereocenters. The number of pyridine rings is 1. The molecule has 2 heterocycles. The number of rotatable bonds is 2. The fourth-order valence-electron chi connectivity index (χ4n) is 1.93. The zero-order chi connectivity index (χ0) is 14.1. The van der Waals surface area contributed by atoms with Gasteiger partial charge in [-0.2, -0.15) is 0 Å². The van der Waals surface area contributed by atoms with Gasteiger partial charge in [0, 0.05) is 11.8 Å². The van der Waals surface area contributed by atoms with Crippen LogP contribution in [0.15, 0.2) is 47.1 Å². The first-order valence-electron chi connectivity index (χ1n) is 5.79. The summed E-state index contributed by atoms with van der Waals surface area (Å²) in [7, 11) is 0. The Balaban J connectivity index is 2.24. The fourth-order valence-corrected chi connectivity index (χ4v) is 1.93. The van der Waals surface area contributed by atoms with Crippen molar-refractivity contribution in [1.29, 1.82) is 0 Å². The van der Waals surface area contributed by atoms with E-state index in [2.05, 4.69) is 10.1 Å². The van der Waals surface area contributed by atoms with E-state index in [1.165, 1.54) is 12.1 Å². The lowest BCUT2D eigenvalue weighted by atomic mass is 10.0. The van der Waals surface area contributed by atoms with Crippen LogP contribution in [0, 0.1) is 11.6 Å². The molecular weight excluding hydrogens is 264 g/mol. The van der Waals surface area contributed by atoms with Crippen molar-refractivity contribution in [1.82, 2.24) is 10.1 Å². The second kappa shape index (κ2) is 4.73. The second-order valence-corrected chi connectivity index (χ2v) is 4.09. The lowest BCUT2D eigenvalue weighted by Gasteiger charge is -2.03. The normalized spacial score (nSPS) is 10.7. The highest BCUT2D eigenvalue weighted by atomic mass is 19.2. The highest BCUT2D eigenvalue weighted by Crippen LogP contribution is 2.36. The predicted molar refractivity (Wildman–Crippen MR) is 69.5 cm³/mol. The third-order valence-electron chi connectivity index (χ3n) is 2.85. The average molecular weight is 273 g/mol. The first-order valence-corrected chi connectivity index (χ1v) is 5.79. The van der Waals surface area contributed by atoms with E-state index >= 15 is 0 Å². The molecule has 100 valence electrons. The Bertz CT molecular complexity index is 756. The van der Waals surface area contributed by atoms with Crippen molar-refractivity contribution in [2.45, 2.75) is 0 Å².